The average Bonchev–Trinajstić information content (AvgIpc) is 3.03. The van der Waals surface area contributed by atoms with E-state index in [1.165, 1.54) is 5.56 Å². The van der Waals surface area contributed by atoms with Crippen LogP contribution in [-0.2, 0) is 24.6 Å². The van der Waals surface area contributed by atoms with Crippen molar-refractivity contribution >= 4 is 28.7 Å². The van der Waals surface area contributed by atoms with Crippen LogP contribution in [0.15, 0.2) is 121 Å². The van der Waals surface area contributed by atoms with Gasteiger partial charge in [-0.25, -0.2) is 0 Å². The van der Waals surface area contributed by atoms with E-state index in [1.807, 2.05) is 36.4 Å². The third-order valence-electron chi connectivity index (χ3n) is 7.16. The van der Waals surface area contributed by atoms with Gasteiger partial charge in [-0.3, -0.25) is 0 Å². The molecule has 4 nitrogen and oxygen atoms in total. The van der Waals surface area contributed by atoms with Gasteiger partial charge in [0.25, 0.3) is 0 Å². The fourth-order valence-electron chi connectivity index (χ4n) is 4.85. The van der Waals surface area contributed by atoms with Crippen LogP contribution in [0.3, 0.4) is 0 Å². The lowest BCUT2D eigenvalue weighted by Crippen LogP contribution is -2.10. The van der Waals surface area contributed by atoms with Gasteiger partial charge in [0.1, 0.15) is 0 Å². The molecule has 0 unspecified atom stereocenters. The molecule has 0 atom stereocenters. The van der Waals surface area contributed by atoms with Crippen LogP contribution in [-0.4, -0.2) is 17.3 Å². The van der Waals surface area contributed by atoms with E-state index in [4.69, 9.17) is 4.74 Å². The minimum atomic E-state index is 0.0130. The summed E-state index contributed by atoms with van der Waals surface area (Å²) < 4.78 is 5.30. The molecule has 41 heavy (non-hydrogen) atoms. The fraction of sp³-hybridized carbons (Fsp3) is 0.135. The smallest absolute Gasteiger partial charge is 0.0713 e. The number of hydrogen-bond acceptors (Lipinski definition) is 4. The summed E-state index contributed by atoms with van der Waals surface area (Å²) >= 11 is 0. The highest BCUT2D eigenvalue weighted by molar-refractivity contribution is 5.92. The van der Waals surface area contributed by atoms with Crippen molar-refractivity contribution in [3.05, 3.63) is 160 Å². The molecule has 0 aliphatic heterocycles. The zero-order valence-corrected chi connectivity index (χ0v) is 23.5. The third kappa shape index (κ3) is 6.82. The molecule has 0 bridgehead atoms. The van der Waals surface area contributed by atoms with Gasteiger partial charge < -0.3 is 19.8 Å². The van der Waals surface area contributed by atoms with Crippen molar-refractivity contribution in [2.45, 2.75) is 26.7 Å². The van der Waals surface area contributed by atoms with Crippen molar-refractivity contribution in [1.82, 2.24) is 0 Å². The van der Waals surface area contributed by atoms with Gasteiger partial charge in [0, 0.05) is 24.2 Å². The highest BCUT2D eigenvalue weighted by Gasteiger charge is 2.13. The first-order chi connectivity index (χ1) is 20.1. The van der Waals surface area contributed by atoms with Crippen LogP contribution in [0, 0.1) is 6.92 Å². The van der Waals surface area contributed by atoms with Gasteiger partial charge in [-0.05, 0) is 88.4 Å². The molecular weight excluding hydrogens is 506 g/mol. The Hall–Kier alpha value is -4.48. The van der Waals surface area contributed by atoms with Crippen molar-refractivity contribution < 1.29 is 14.9 Å². The molecule has 0 amide bonds. The number of hydrogen-bond donors (Lipinski definition) is 2. The third-order valence-corrected chi connectivity index (χ3v) is 7.16. The van der Waals surface area contributed by atoms with Gasteiger partial charge in [0.05, 0.1) is 19.8 Å². The zero-order chi connectivity index (χ0) is 28.6. The van der Waals surface area contributed by atoms with Crippen molar-refractivity contribution in [3.8, 4) is 0 Å². The predicted molar refractivity (Wildman–Crippen MR) is 168 cm³/mol. The Kier molecular flexibility index (Phi) is 9.07. The predicted octanol–water partition coefficient (Wildman–Crippen LogP) is 8.18. The summed E-state index contributed by atoms with van der Waals surface area (Å²) in [6.45, 7) is 2.70. The van der Waals surface area contributed by atoms with E-state index in [1.54, 1.807) is 7.11 Å². The molecule has 5 aromatic carbocycles. The van der Waals surface area contributed by atoms with Crippen molar-refractivity contribution in [3.63, 3.8) is 0 Å². The minimum Gasteiger partial charge on any atom is -0.392 e. The van der Waals surface area contributed by atoms with E-state index >= 15 is 0 Å². The molecule has 0 radical (unpaired) electrons. The maximum absolute atomic E-state index is 9.55. The summed E-state index contributed by atoms with van der Waals surface area (Å²) in [5.74, 6) is 0. The summed E-state index contributed by atoms with van der Waals surface area (Å²) in [6, 6.07) is 41.5. The van der Waals surface area contributed by atoms with Crippen LogP contribution >= 0.6 is 0 Å². The van der Waals surface area contributed by atoms with Gasteiger partial charge in [0.2, 0.25) is 0 Å². The van der Waals surface area contributed by atoms with E-state index in [0.717, 1.165) is 56.0 Å². The Morgan fingerprint density at radius 1 is 0.585 bits per heavy atom. The molecule has 0 heterocycles. The number of aryl methyl sites for hydroxylation is 1. The molecule has 4 heteroatoms. The molecule has 0 spiro atoms. The maximum atomic E-state index is 9.55. The van der Waals surface area contributed by atoms with Crippen LogP contribution in [0.2, 0.25) is 0 Å². The molecule has 2 N–H and O–H groups in total. The number of aliphatic hydroxyl groups excluding tert-OH is 2. The molecule has 5 aromatic rings. The maximum Gasteiger partial charge on any atom is 0.0713 e. The molecule has 0 aromatic heterocycles. The van der Waals surface area contributed by atoms with Gasteiger partial charge in [-0.1, -0.05) is 90.5 Å². The largest absolute Gasteiger partial charge is 0.392 e. The van der Waals surface area contributed by atoms with Gasteiger partial charge in [-0.2, -0.15) is 0 Å². The quantitative estimate of drug-likeness (QED) is 0.175. The molecule has 0 aliphatic carbocycles. The summed E-state index contributed by atoms with van der Waals surface area (Å²) in [4.78, 5) is 2.21. The molecular formula is C37H35NO3. The Bertz CT molecular complexity index is 1570. The van der Waals surface area contributed by atoms with Crippen molar-refractivity contribution in [2.75, 3.05) is 12.0 Å². The number of rotatable bonds is 10. The second-order valence-corrected chi connectivity index (χ2v) is 10.1. The molecule has 0 fully saturated rings. The number of benzene rings is 5. The summed E-state index contributed by atoms with van der Waals surface area (Å²) in [5, 5.41) is 19.1. The Balaban J connectivity index is 1.53. The monoisotopic (exact) mass is 541 g/mol. The molecule has 0 aliphatic rings. The van der Waals surface area contributed by atoms with Crippen LogP contribution in [0.25, 0.3) is 11.6 Å². The van der Waals surface area contributed by atoms with E-state index in [-0.39, 0.29) is 13.2 Å². The highest BCUT2D eigenvalue weighted by atomic mass is 16.5. The molecule has 206 valence electrons. The van der Waals surface area contributed by atoms with E-state index in [2.05, 4.69) is 103 Å². The first kappa shape index (κ1) is 28.1. The molecule has 5 rings (SSSR count). The van der Waals surface area contributed by atoms with Gasteiger partial charge in [-0.15, -0.1) is 0 Å². The summed E-state index contributed by atoms with van der Waals surface area (Å²) in [7, 11) is 1.70. The van der Waals surface area contributed by atoms with Crippen LogP contribution in [0.5, 0.6) is 0 Å². The standard InChI is InChI=1S/C37H35NO3/c1-27-3-13-32(14-4-27)37(33-15-5-29(24-39)6-16-33)23-28-7-17-34(18-8-28)38(35-19-9-30(25-40)10-20-35)36-21-11-31(12-22-36)26-41-2/h3-23,39-40H,24-26H2,1-2H3. The molecule has 0 saturated carbocycles. The zero-order valence-electron chi connectivity index (χ0n) is 23.5. The van der Waals surface area contributed by atoms with Crippen LogP contribution < -0.4 is 4.90 Å². The number of nitrogens with zero attached hydrogens (tertiary/aromatic N) is 1. The topological polar surface area (TPSA) is 52.9 Å². The van der Waals surface area contributed by atoms with Crippen LogP contribution in [0.1, 0.15) is 38.9 Å². The average molecular weight is 542 g/mol. The summed E-state index contributed by atoms with van der Waals surface area (Å²) in [5.41, 5.74) is 11.6. The van der Waals surface area contributed by atoms with Gasteiger partial charge >= 0.3 is 0 Å². The first-order valence-corrected chi connectivity index (χ1v) is 13.7. The minimum absolute atomic E-state index is 0.0130. The highest BCUT2D eigenvalue weighted by Crippen LogP contribution is 2.35. The second kappa shape index (κ2) is 13.2. The Morgan fingerprint density at radius 3 is 1.46 bits per heavy atom. The Morgan fingerprint density at radius 2 is 1.00 bits per heavy atom. The van der Waals surface area contributed by atoms with E-state index in [0.29, 0.717) is 6.61 Å². The number of aliphatic hydroxyl groups is 2. The lowest BCUT2D eigenvalue weighted by molar-refractivity contribution is 0.185. The van der Waals surface area contributed by atoms with Crippen molar-refractivity contribution in [2.24, 2.45) is 0 Å². The molecule has 0 saturated heterocycles. The second-order valence-electron chi connectivity index (χ2n) is 10.1. The van der Waals surface area contributed by atoms with Gasteiger partial charge in [0.15, 0.2) is 0 Å². The first-order valence-electron chi connectivity index (χ1n) is 13.7. The Labute approximate surface area is 242 Å². The number of ether oxygens (including phenoxy) is 1. The number of anilines is 3. The summed E-state index contributed by atoms with van der Waals surface area (Å²) in [6.07, 6.45) is 2.21. The van der Waals surface area contributed by atoms with E-state index < -0.39 is 0 Å². The normalized spacial score (nSPS) is 11.5. The fourth-order valence-corrected chi connectivity index (χ4v) is 4.85. The van der Waals surface area contributed by atoms with Crippen molar-refractivity contribution in [1.29, 1.82) is 0 Å². The lowest BCUT2D eigenvalue weighted by atomic mass is 9.94. The van der Waals surface area contributed by atoms with E-state index in [9.17, 15) is 10.2 Å². The van der Waals surface area contributed by atoms with Crippen LogP contribution in [0.4, 0.5) is 17.1 Å². The SMILES string of the molecule is COCc1ccc(N(c2ccc(C=C(c3ccc(C)cc3)c3ccc(CO)cc3)cc2)c2ccc(CO)cc2)cc1. The number of methoxy groups -OCH3 is 1. The lowest BCUT2D eigenvalue weighted by Gasteiger charge is -2.26.